The minimum atomic E-state index is -0.925. The van der Waals surface area contributed by atoms with Gasteiger partial charge in [0.05, 0.1) is 52.9 Å². The van der Waals surface area contributed by atoms with Gasteiger partial charge in [-0.1, -0.05) is 12.1 Å². The molecular weight excluding hydrogens is 1310 g/mol. The molecule has 0 radical (unpaired) electrons. The Labute approximate surface area is 581 Å². The highest BCUT2D eigenvalue weighted by molar-refractivity contribution is 6.07. The van der Waals surface area contributed by atoms with Gasteiger partial charge in [-0.05, 0) is 182 Å². The summed E-state index contributed by atoms with van der Waals surface area (Å²) in [5.74, 6) is -7.92. The highest BCUT2D eigenvalue weighted by Crippen LogP contribution is 2.48. The molecule has 0 saturated carbocycles. The minimum absolute atomic E-state index is 0.0564. The first-order chi connectivity index (χ1) is 47.0. The maximum absolute atomic E-state index is 14.5. The van der Waals surface area contributed by atoms with Gasteiger partial charge in [0.15, 0.2) is 71.5 Å². The van der Waals surface area contributed by atoms with E-state index in [2.05, 4.69) is 10.6 Å². The fourth-order valence-electron chi connectivity index (χ4n) is 15.4. The summed E-state index contributed by atoms with van der Waals surface area (Å²) in [5.41, 5.74) is 4.22. The Morgan fingerprint density at radius 3 is 0.760 bits per heavy atom. The Morgan fingerprint density at radius 1 is 0.320 bits per heavy atom. The zero-order chi connectivity index (χ0) is 70.4. The van der Waals surface area contributed by atoms with Crippen LogP contribution in [0.3, 0.4) is 0 Å². The summed E-state index contributed by atoms with van der Waals surface area (Å²) in [4.78, 5) is 29.0. The highest BCUT2D eigenvalue weighted by Gasteiger charge is 2.63. The molecular formula is C72H96N2O26. The summed E-state index contributed by atoms with van der Waals surface area (Å²) in [7, 11) is 0. The predicted molar refractivity (Wildman–Crippen MR) is 344 cm³/mol. The molecule has 12 heterocycles. The van der Waals surface area contributed by atoms with Crippen LogP contribution in [0.4, 0.5) is 11.4 Å². The molecule has 0 aromatic heterocycles. The van der Waals surface area contributed by atoms with E-state index in [-0.39, 0.29) is 64.0 Å². The first kappa shape index (κ1) is 71.3. The number of anilines is 2. The second kappa shape index (κ2) is 26.3. The molecule has 12 aliphatic heterocycles. The quantitative estimate of drug-likeness (QED) is 0.109. The molecule has 20 atom stereocenters. The first-order valence-electron chi connectivity index (χ1n) is 34.8. The number of fused-ring (bicyclic) bond motifs is 4. The maximum Gasteiger partial charge on any atom is 0.255 e. The Balaban J connectivity index is 0.672. The summed E-state index contributed by atoms with van der Waals surface area (Å²) < 4.78 is 152. The molecule has 12 aliphatic rings. The van der Waals surface area contributed by atoms with Gasteiger partial charge in [0, 0.05) is 22.5 Å². The second-order valence-electron chi connectivity index (χ2n) is 31.4. The normalized spacial score (nSPS) is 39.3. The monoisotopic (exact) mass is 1400 g/mol. The van der Waals surface area contributed by atoms with Gasteiger partial charge in [-0.25, -0.2) is 0 Å². The van der Waals surface area contributed by atoms with Gasteiger partial charge in [0.1, 0.15) is 97.7 Å². The molecule has 3 aromatic rings. The number of carbonyl (C=O) groups is 2. The SMILES string of the molecule is CC1(C)O[C@H]2O[C@H]([C@H]3COC(C)(C)O3)[C@H](OCc3cc(CO[C@@H]4[C@H]5OC(C)(C)O[C@H]5O[C@@H]4[C@H]4COC(C)(C)O4)cc(NC(=O)c4ccc(C(=O)Nc5cc(CO[C@@H]6[C@H]7OC(C)(C)O[C@H]7O[C@@H]6[C@H]6COC(C)(C)O6)cc(CO[C@@H]6[C@H]7OC(C)(C)O[C@H]7O[C@@H]6[C@H]6COC(C)(C)O6)c5)cc4)c3)[C@H]2O1. The number of amides is 2. The molecule has 15 rings (SSSR count). The summed E-state index contributed by atoms with van der Waals surface area (Å²) in [6.07, 6.45) is -12.0. The zero-order valence-electron chi connectivity index (χ0n) is 59.6. The van der Waals surface area contributed by atoms with Crippen LogP contribution in [0.2, 0.25) is 0 Å². The standard InChI is InChI=1S/C72H96N2O26/c1-65(2)81-31-43(89-65)47-51(55-61(85-47)97-69(9,10)93-55)77-27-35-21-36(28-78-52-48(44-32-82-66(3,4)90-44)86-62-56(52)94-70(11,12)98-62)24-41(23-35)73-59(75)39-17-19-40(20-18-39)60(76)74-42-25-37(29-79-53-49(45-33-83-67(5,6)91-45)87-63-57(53)95-71(13,14)99-63)22-38(26-42)30-80-54-50(46-34-84-68(7,8)92-46)88-64-58(54)96-72(15,16)100-64/h17-26,43-58,61-64H,27-34H2,1-16H3,(H,73,75)(H,74,76)/t43-,44-,45-,46-,47-,48-,49-,50-,51+,52+,53+,54+,55-,56-,57-,58-,61-,62-,63-,64-/m1/s1. The van der Waals surface area contributed by atoms with E-state index in [1.54, 1.807) is 24.3 Å². The van der Waals surface area contributed by atoms with Crippen molar-refractivity contribution in [3.8, 4) is 0 Å². The second-order valence-corrected chi connectivity index (χ2v) is 31.4. The first-order valence-corrected chi connectivity index (χ1v) is 34.8. The lowest BCUT2D eigenvalue weighted by atomic mass is 10.0. The van der Waals surface area contributed by atoms with Crippen LogP contribution in [-0.2, 0) is 140 Å². The fourth-order valence-corrected chi connectivity index (χ4v) is 15.4. The van der Waals surface area contributed by atoms with Crippen LogP contribution in [0.15, 0.2) is 60.7 Å². The van der Waals surface area contributed by atoms with Crippen LogP contribution in [0.5, 0.6) is 0 Å². The number of hydrogen-bond donors (Lipinski definition) is 2. The van der Waals surface area contributed by atoms with Crippen LogP contribution in [0, 0.1) is 0 Å². The van der Waals surface area contributed by atoms with E-state index < -0.39 is 181 Å². The van der Waals surface area contributed by atoms with Crippen molar-refractivity contribution in [3.05, 3.63) is 94.0 Å². The molecule has 550 valence electrons. The number of carbonyl (C=O) groups excluding carboxylic acids is 2. The van der Waals surface area contributed by atoms with E-state index in [0.29, 0.717) is 33.6 Å². The van der Waals surface area contributed by atoms with Crippen LogP contribution in [0.25, 0.3) is 0 Å². The molecule has 12 saturated heterocycles. The van der Waals surface area contributed by atoms with E-state index in [4.69, 9.17) is 114 Å². The molecule has 12 fully saturated rings. The fraction of sp³-hybridized carbons (Fsp3) is 0.722. The van der Waals surface area contributed by atoms with Crippen molar-refractivity contribution >= 4 is 23.2 Å². The van der Waals surface area contributed by atoms with Crippen LogP contribution in [-0.4, -0.2) is 207 Å². The van der Waals surface area contributed by atoms with E-state index in [1.807, 2.05) is 147 Å². The molecule has 0 bridgehead atoms. The van der Waals surface area contributed by atoms with Gasteiger partial charge >= 0.3 is 0 Å². The lowest BCUT2D eigenvalue weighted by Gasteiger charge is -2.29. The van der Waals surface area contributed by atoms with E-state index >= 15 is 0 Å². The van der Waals surface area contributed by atoms with Gasteiger partial charge in [0.2, 0.25) is 0 Å². The average Bonchev–Trinajstić information content (AvgIpc) is 1.62. The van der Waals surface area contributed by atoms with Gasteiger partial charge in [-0.15, -0.1) is 0 Å². The molecule has 2 N–H and O–H groups in total. The van der Waals surface area contributed by atoms with Crippen molar-refractivity contribution in [3.63, 3.8) is 0 Å². The largest absolute Gasteiger partial charge is 0.368 e. The number of rotatable bonds is 20. The highest BCUT2D eigenvalue weighted by atomic mass is 16.9. The zero-order valence-corrected chi connectivity index (χ0v) is 59.6. The van der Waals surface area contributed by atoms with Crippen molar-refractivity contribution in [2.45, 2.75) is 306 Å². The average molecular weight is 1410 g/mol. The van der Waals surface area contributed by atoms with E-state index in [0.717, 1.165) is 0 Å². The number of hydrogen-bond acceptors (Lipinski definition) is 26. The molecule has 28 nitrogen and oxygen atoms in total. The summed E-state index contributed by atoms with van der Waals surface area (Å²) in [6, 6.07) is 17.6. The third-order valence-corrected chi connectivity index (χ3v) is 19.5. The Morgan fingerprint density at radius 2 is 0.550 bits per heavy atom. The molecule has 2 amide bonds. The molecule has 0 spiro atoms. The lowest BCUT2D eigenvalue weighted by molar-refractivity contribution is -0.237. The smallest absolute Gasteiger partial charge is 0.255 e. The van der Waals surface area contributed by atoms with Crippen LogP contribution in [0.1, 0.15) is 154 Å². The lowest BCUT2D eigenvalue weighted by Crippen LogP contribution is -2.44. The van der Waals surface area contributed by atoms with Gasteiger partial charge in [0.25, 0.3) is 11.8 Å². The Kier molecular flexibility index (Phi) is 18.7. The van der Waals surface area contributed by atoms with Gasteiger partial charge in [-0.2, -0.15) is 0 Å². The molecule has 100 heavy (non-hydrogen) atoms. The minimum Gasteiger partial charge on any atom is -0.368 e. The van der Waals surface area contributed by atoms with Gasteiger partial charge in [-0.3, -0.25) is 9.59 Å². The Bertz CT molecular complexity index is 3100. The summed E-state index contributed by atoms with van der Waals surface area (Å²) >= 11 is 0. The summed E-state index contributed by atoms with van der Waals surface area (Å²) in [5, 5.41) is 6.20. The van der Waals surface area contributed by atoms with Crippen molar-refractivity contribution in [2.24, 2.45) is 0 Å². The van der Waals surface area contributed by atoms with Crippen molar-refractivity contribution in [1.82, 2.24) is 0 Å². The van der Waals surface area contributed by atoms with Gasteiger partial charge < -0.3 is 124 Å². The topological polar surface area (TPSA) is 280 Å². The molecule has 0 unspecified atom stereocenters. The predicted octanol–water partition coefficient (Wildman–Crippen LogP) is 7.84. The molecule has 0 aliphatic carbocycles. The van der Waals surface area contributed by atoms with Crippen molar-refractivity contribution < 1.29 is 123 Å². The summed E-state index contributed by atoms with van der Waals surface area (Å²) in [6.45, 7) is 30.8. The van der Waals surface area contributed by atoms with Crippen LogP contribution < -0.4 is 10.6 Å². The number of ether oxygens (including phenoxy) is 24. The molecule has 28 heteroatoms. The number of benzene rings is 3. The third-order valence-electron chi connectivity index (χ3n) is 19.5. The maximum atomic E-state index is 14.5. The van der Waals surface area contributed by atoms with Crippen molar-refractivity contribution in [1.29, 1.82) is 0 Å². The van der Waals surface area contributed by atoms with Crippen molar-refractivity contribution in [2.75, 3.05) is 37.1 Å². The molecule has 3 aromatic carbocycles. The Hall–Kier alpha value is -4.36. The van der Waals surface area contributed by atoms with Crippen LogP contribution >= 0.6 is 0 Å². The third kappa shape index (κ3) is 15.2. The van der Waals surface area contributed by atoms with E-state index in [1.165, 1.54) is 0 Å². The number of nitrogens with one attached hydrogen (secondary N) is 2. The van der Waals surface area contributed by atoms with E-state index in [9.17, 15) is 9.59 Å².